The van der Waals surface area contributed by atoms with Gasteiger partial charge >= 0.3 is 0 Å². The maximum absolute atomic E-state index is 12.2. The highest BCUT2D eigenvalue weighted by molar-refractivity contribution is 7.92. The lowest BCUT2D eigenvalue weighted by Gasteiger charge is -2.10. The van der Waals surface area contributed by atoms with Gasteiger partial charge in [0.2, 0.25) is 0 Å². The second-order valence-corrected chi connectivity index (χ2v) is 5.77. The smallest absolute Gasteiger partial charge is 0.278 e. The number of benzene rings is 1. The standard InChI is InChI=1S/C12H11N5O2S/c13-9-3-4-10(8-2-1-5-15-12(8)9)17-20(18,19)11-6-14-7-16-11/h1-7,17H,13H2,(H,14,16). The summed E-state index contributed by atoms with van der Waals surface area (Å²) in [6.07, 6.45) is 4.14. The van der Waals surface area contributed by atoms with Gasteiger partial charge in [0.15, 0.2) is 5.03 Å². The van der Waals surface area contributed by atoms with E-state index in [1.165, 1.54) is 12.5 Å². The number of nitrogens with one attached hydrogen (secondary N) is 2. The first-order valence-electron chi connectivity index (χ1n) is 5.72. The van der Waals surface area contributed by atoms with Crippen LogP contribution in [0.15, 0.2) is 48.0 Å². The lowest BCUT2D eigenvalue weighted by atomic mass is 10.1. The number of aromatic amines is 1. The van der Waals surface area contributed by atoms with Crippen LogP contribution in [0.2, 0.25) is 0 Å². The van der Waals surface area contributed by atoms with Crippen LogP contribution in [-0.4, -0.2) is 23.4 Å². The molecule has 2 aromatic heterocycles. The zero-order valence-electron chi connectivity index (χ0n) is 10.2. The Balaban J connectivity index is 2.11. The first kappa shape index (κ1) is 12.4. The van der Waals surface area contributed by atoms with E-state index in [2.05, 4.69) is 19.7 Å². The molecule has 0 spiro atoms. The van der Waals surface area contributed by atoms with Crippen molar-refractivity contribution >= 4 is 32.3 Å². The second kappa shape index (κ2) is 4.49. The van der Waals surface area contributed by atoms with E-state index in [0.717, 1.165) is 0 Å². The van der Waals surface area contributed by atoms with E-state index in [0.29, 0.717) is 22.3 Å². The second-order valence-electron chi connectivity index (χ2n) is 4.12. The third-order valence-corrected chi connectivity index (χ3v) is 4.10. The molecule has 0 aliphatic rings. The topological polar surface area (TPSA) is 114 Å². The van der Waals surface area contributed by atoms with Crippen LogP contribution in [-0.2, 0) is 10.0 Å². The monoisotopic (exact) mass is 289 g/mol. The summed E-state index contributed by atoms with van der Waals surface area (Å²) in [5.41, 5.74) is 7.29. The Bertz CT molecular complexity index is 859. The van der Waals surface area contributed by atoms with Gasteiger partial charge in [-0.25, -0.2) is 4.98 Å². The molecular weight excluding hydrogens is 278 g/mol. The molecule has 0 aliphatic carbocycles. The summed E-state index contributed by atoms with van der Waals surface area (Å²) in [6.45, 7) is 0. The van der Waals surface area contributed by atoms with Crippen molar-refractivity contribution in [1.82, 2.24) is 15.0 Å². The molecule has 0 saturated carbocycles. The molecule has 0 radical (unpaired) electrons. The van der Waals surface area contributed by atoms with Gasteiger partial charge in [0.1, 0.15) is 0 Å². The summed E-state index contributed by atoms with van der Waals surface area (Å²) >= 11 is 0. The van der Waals surface area contributed by atoms with Gasteiger partial charge in [0.25, 0.3) is 10.0 Å². The number of rotatable bonds is 3. The summed E-state index contributed by atoms with van der Waals surface area (Å²) in [4.78, 5) is 10.4. The SMILES string of the molecule is Nc1ccc(NS(=O)(=O)c2cnc[nH]2)c2cccnc12. The summed E-state index contributed by atoms with van der Waals surface area (Å²) in [5, 5.41) is 0.627. The van der Waals surface area contributed by atoms with Gasteiger partial charge in [-0.3, -0.25) is 9.71 Å². The number of nitrogens with zero attached hydrogens (tertiary/aromatic N) is 2. The van der Waals surface area contributed by atoms with E-state index in [1.54, 1.807) is 30.5 Å². The van der Waals surface area contributed by atoms with Crippen molar-refractivity contribution in [2.45, 2.75) is 5.03 Å². The minimum Gasteiger partial charge on any atom is -0.397 e. The lowest BCUT2D eigenvalue weighted by molar-refractivity contribution is 0.598. The molecular formula is C12H11N5O2S. The molecule has 20 heavy (non-hydrogen) atoms. The molecule has 0 fully saturated rings. The third-order valence-electron chi connectivity index (χ3n) is 2.81. The minimum atomic E-state index is -3.71. The zero-order valence-corrected chi connectivity index (χ0v) is 11.1. The number of imidazole rings is 1. The lowest BCUT2D eigenvalue weighted by Crippen LogP contribution is -2.13. The molecule has 2 heterocycles. The van der Waals surface area contributed by atoms with Gasteiger partial charge in [0.05, 0.1) is 29.4 Å². The average molecular weight is 289 g/mol. The molecule has 7 nitrogen and oxygen atoms in total. The molecule has 0 aliphatic heterocycles. The first-order valence-corrected chi connectivity index (χ1v) is 7.20. The molecule has 8 heteroatoms. The van der Waals surface area contributed by atoms with Crippen molar-refractivity contribution in [1.29, 1.82) is 0 Å². The molecule has 0 atom stereocenters. The highest BCUT2D eigenvalue weighted by Gasteiger charge is 2.17. The zero-order chi connectivity index (χ0) is 14.2. The van der Waals surface area contributed by atoms with Crippen LogP contribution in [0.25, 0.3) is 10.9 Å². The number of hydrogen-bond donors (Lipinski definition) is 3. The van der Waals surface area contributed by atoms with E-state index in [9.17, 15) is 8.42 Å². The highest BCUT2D eigenvalue weighted by atomic mass is 32.2. The Morgan fingerprint density at radius 3 is 2.85 bits per heavy atom. The number of hydrogen-bond acceptors (Lipinski definition) is 5. The Labute approximate surface area is 114 Å². The van der Waals surface area contributed by atoms with Crippen LogP contribution in [0.5, 0.6) is 0 Å². The molecule has 102 valence electrons. The fourth-order valence-electron chi connectivity index (χ4n) is 1.87. The van der Waals surface area contributed by atoms with Crippen molar-refractivity contribution < 1.29 is 8.42 Å². The van der Waals surface area contributed by atoms with Crippen molar-refractivity contribution in [2.75, 3.05) is 10.5 Å². The van der Waals surface area contributed by atoms with Gasteiger partial charge in [0, 0.05) is 11.6 Å². The third kappa shape index (κ3) is 2.05. The van der Waals surface area contributed by atoms with Crippen LogP contribution in [0.3, 0.4) is 0 Å². The van der Waals surface area contributed by atoms with Crippen LogP contribution in [0, 0.1) is 0 Å². The van der Waals surface area contributed by atoms with E-state index in [-0.39, 0.29) is 5.03 Å². The summed E-state index contributed by atoms with van der Waals surface area (Å²) < 4.78 is 26.8. The summed E-state index contributed by atoms with van der Waals surface area (Å²) in [7, 11) is -3.71. The van der Waals surface area contributed by atoms with Gasteiger partial charge in [-0.1, -0.05) is 0 Å². The first-order chi connectivity index (χ1) is 9.58. The molecule has 0 saturated heterocycles. The molecule has 3 aromatic rings. The van der Waals surface area contributed by atoms with Crippen LogP contribution >= 0.6 is 0 Å². The van der Waals surface area contributed by atoms with Gasteiger partial charge in [-0.2, -0.15) is 8.42 Å². The molecule has 4 N–H and O–H groups in total. The van der Waals surface area contributed by atoms with E-state index in [4.69, 9.17) is 5.73 Å². The maximum Gasteiger partial charge on any atom is 0.278 e. The fourth-order valence-corrected chi connectivity index (χ4v) is 2.86. The van der Waals surface area contributed by atoms with Crippen molar-refractivity contribution in [3.05, 3.63) is 43.0 Å². The molecule has 0 unspecified atom stereocenters. The van der Waals surface area contributed by atoms with Crippen molar-refractivity contribution in [2.24, 2.45) is 0 Å². The Kier molecular flexibility index (Phi) is 2.79. The Morgan fingerprint density at radius 2 is 2.10 bits per heavy atom. The normalized spacial score (nSPS) is 11.6. The van der Waals surface area contributed by atoms with Crippen molar-refractivity contribution in [3.63, 3.8) is 0 Å². The fraction of sp³-hybridized carbons (Fsp3) is 0. The average Bonchev–Trinajstić information content (AvgIpc) is 2.97. The predicted octanol–water partition coefficient (Wildman–Crippen LogP) is 1.34. The number of fused-ring (bicyclic) bond motifs is 1. The number of nitrogens with two attached hydrogens (primary N) is 1. The Hall–Kier alpha value is -2.61. The highest BCUT2D eigenvalue weighted by Crippen LogP contribution is 2.27. The Morgan fingerprint density at radius 1 is 1.25 bits per heavy atom. The number of anilines is 2. The van der Waals surface area contributed by atoms with Crippen LogP contribution in [0.4, 0.5) is 11.4 Å². The number of nitrogen functional groups attached to an aromatic ring is 1. The minimum absolute atomic E-state index is 0.00800. The van der Waals surface area contributed by atoms with Gasteiger partial charge in [-0.15, -0.1) is 0 Å². The molecule has 1 aromatic carbocycles. The largest absolute Gasteiger partial charge is 0.397 e. The van der Waals surface area contributed by atoms with E-state index in [1.807, 2.05) is 0 Å². The molecule has 3 rings (SSSR count). The number of pyridine rings is 1. The number of sulfonamides is 1. The number of aromatic nitrogens is 3. The number of H-pyrrole nitrogens is 1. The van der Waals surface area contributed by atoms with E-state index < -0.39 is 10.0 Å². The van der Waals surface area contributed by atoms with Gasteiger partial charge < -0.3 is 10.7 Å². The molecule has 0 amide bonds. The maximum atomic E-state index is 12.2. The predicted molar refractivity (Wildman–Crippen MR) is 75.6 cm³/mol. The van der Waals surface area contributed by atoms with Crippen LogP contribution in [0.1, 0.15) is 0 Å². The molecule has 0 bridgehead atoms. The summed E-state index contributed by atoms with van der Waals surface area (Å²) in [6, 6.07) is 6.69. The van der Waals surface area contributed by atoms with Gasteiger partial charge in [-0.05, 0) is 24.3 Å². The van der Waals surface area contributed by atoms with Crippen LogP contribution < -0.4 is 10.5 Å². The van der Waals surface area contributed by atoms with Crippen molar-refractivity contribution in [3.8, 4) is 0 Å². The quantitative estimate of drug-likeness (QED) is 0.630. The summed E-state index contributed by atoms with van der Waals surface area (Å²) in [5.74, 6) is 0. The van der Waals surface area contributed by atoms with E-state index >= 15 is 0 Å².